The summed E-state index contributed by atoms with van der Waals surface area (Å²) in [4.78, 5) is 12.8. The van der Waals surface area contributed by atoms with Crippen molar-refractivity contribution in [1.82, 2.24) is 0 Å². The Hall–Kier alpha value is -2.05. The first-order valence-corrected chi connectivity index (χ1v) is 10.1. The molecule has 1 atom stereocenters. The molecule has 0 spiro atoms. The molecule has 2 aromatic rings. The molecule has 0 radical (unpaired) electrons. The second-order valence-electron chi connectivity index (χ2n) is 5.79. The molecule has 1 amide bonds. The van der Waals surface area contributed by atoms with E-state index in [1.807, 2.05) is 13.0 Å². The van der Waals surface area contributed by atoms with Gasteiger partial charge in [-0.25, -0.2) is 8.42 Å². The molecule has 1 unspecified atom stereocenters. The summed E-state index contributed by atoms with van der Waals surface area (Å²) in [5.41, 5.74) is 1.82. The van der Waals surface area contributed by atoms with Crippen LogP contribution in [-0.2, 0) is 14.8 Å². The molecule has 0 saturated heterocycles. The Labute approximate surface area is 153 Å². The molecule has 2 rings (SSSR count). The lowest BCUT2D eigenvalue weighted by molar-refractivity contribution is -0.117. The van der Waals surface area contributed by atoms with Gasteiger partial charge in [-0.15, -0.1) is 0 Å². The Kier molecular flexibility index (Phi) is 6.08. The number of benzene rings is 2. The molecular weight excluding hydrogens is 360 g/mol. The Balaban J connectivity index is 2.40. The van der Waals surface area contributed by atoms with Crippen LogP contribution in [0.15, 0.2) is 48.5 Å². The number of sulfonamides is 1. The third-order valence-corrected chi connectivity index (χ3v) is 5.23. The number of rotatable bonds is 6. The maximum Gasteiger partial charge on any atom is 0.248 e. The van der Waals surface area contributed by atoms with E-state index in [2.05, 4.69) is 5.32 Å². The summed E-state index contributed by atoms with van der Waals surface area (Å²) >= 11 is 6.08. The van der Waals surface area contributed by atoms with E-state index in [1.54, 1.807) is 49.4 Å². The summed E-state index contributed by atoms with van der Waals surface area (Å²) in [6.07, 6.45) is 1.41. The number of halogens is 1. The van der Waals surface area contributed by atoms with Crippen molar-refractivity contribution >= 4 is 38.9 Å². The zero-order chi connectivity index (χ0) is 18.6. The predicted octanol–water partition coefficient (Wildman–Crippen LogP) is 3.83. The van der Waals surface area contributed by atoms with E-state index in [1.165, 1.54) is 0 Å². The van der Waals surface area contributed by atoms with Gasteiger partial charge in [0.25, 0.3) is 0 Å². The van der Waals surface area contributed by atoms with Gasteiger partial charge in [-0.3, -0.25) is 9.10 Å². The van der Waals surface area contributed by atoms with Crippen molar-refractivity contribution in [2.75, 3.05) is 15.9 Å². The van der Waals surface area contributed by atoms with Gasteiger partial charge in [0.1, 0.15) is 6.04 Å². The molecule has 134 valence electrons. The van der Waals surface area contributed by atoms with Crippen LogP contribution in [0, 0.1) is 6.92 Å². The number of carbonyl (C=O) groups excluding carboxylic acids is 1. The molecule has 1 N–H and O–H groups in total. The number of hydrogen-bond acceptors (Lipinski definition) is 3. The lowest BCUT2D eigenvalue weighted by Crippen LogP contribution is -2.47. The molecular formula is C18H21ClN2O3S. The summed E-state index contributed by atoms with van der Waals surface area (Å²) in [5, 5.41) is 3.12. The number of aryl methyl sites for hydroxylation is 1. The number of hydrogen-bond donors (Lipinski definition) is 1. The number of nitrogens with zero attached hydrogens (tertiary/aromatic N) is 1. The average molecular weight is 381 g/mol. The van der Waals surface area contributed by atoms with Crippen LogP contribution in [0.5, 0.6) is 0 Å². The zero-order valence-corrected chi connectivity index (χ0v) is 15.9. The van der Waals surface area contributed by atoms with E-state index in [9.17, 15) is 13.2 Å². The Morgan fingerprint density at radius 3 is 2.44 bits per heavy atom. The maximum absolute atomic E-state index is 12.8. The zero-order valence-electron chi connectivity index (χ0n) is 14.4. The molecule has 0 aliphatic rings. The van der Waals surface area contributed by atoms with E-state index in [0.717, 1.165) is 16.1 Å². The third kappa shape index (κ3) is 4.74. The van der Waals surface area contributed by atoms with Gasteiger partial charge >= 0.3 is 0 Å². The minimum atomic E-state index is -3.65. The van der Waals surface area contributed by atoms with Crippen LogP contribution in [0.1, 0.15) is 18.9 Å². The highest BCUT2D eigenvalue weighted by molar-refractivity contribution is 7.92. The van der Waals surface area contributed by atoms with E-state index < -0.39 is 22.0 Å². The molecule has 7 heteroatoms. The van der Waals surface area contributed by atoms with Gasteiger partial charge in [-0.1, -0.05) is 42.8 Å². The predicted molar refractivity (Wildman–Crippen MR) is 103 cm³/mol. The summed E-state index contributed by atoms with van der Waals surface area (Å²) in [6.45, 7) is 3.64. The molecule has 25 heavy (non-hydrogen) atoms. The number of carbonyl (C=O) groups is 1. The first-order chi connectivity index (χ1) is 11.7. The third-order valence-electron chi connectivity index (χ3n) is 3.72. The molecule has 0 fully saturated rings. The highest BCUT2D eigenvalue weighted by atomic mass is 35.5. The highest BCUT2D eigenvalue weighted by Gasteiger charge is 2.31. The van der Waals surface area contributed by atoms with Crippen LogP contribution in [0.25, 0.3) is 0 Å². The fourth-order valence-corrected chi connectivity index (χ4v) is 3.99. The molecule has 0 bridgehead atoms. The van der Waals surface area contributed by atoms with Crippen LogP contribution in [-0.4, -0.2) is 26.6 Å². The van der Waals surface area contributed by atoms with E-state index in [0.29, 0.717) is 22.8 Å². The lowest BCUT2D eigenvalue weighted by atomic mass is 10.1. The Morgan fingerprint density at radius 1 is 1.20 bits per heavy atom. The van der Waals surface area contributed by atoms with Gasteiger partial charge in [0.05, 0.1) is 22.7 Å². The number of para-hydroxylation sites is 1. The van der Waals surface area contributed by atoms with Crippen molar-refractivity contribution in [3.05, 3.63) is 59.1 Å². The minimum Gasteiger partial charge on any atom is -0.323 e. The second-order valence-corrected chi connectivity index (χ2v) is 8.06. The van der Waals surface area contributed by atoms with Crippen molar-refractivity contribution in [2.24, 2.45) is 0 Å². The van der Waals surface area contributed by atoms with Crippen molar-refractivity contribution in [3.8, 4) is 0 Å². The largest absolute Gasteiger partial charge is 0.323 e. The molecule has 2 aromatic carbocycles. The molecule has 5 nitrogen and oxygen atoms in total. The van der Waals surface area contributed by atoms with Gasteiger partial charge in [-0.05, 0) is 43.2 Å². The van der Waals surface area contributed by atoms with E-state index in [4.69, 9.17) is 11.6 Å². The van der Waals surface area contributed by atoms with Gasteiger partial charge < -0.3 is 5.32 Å². The summed E-state index contributed by atoms with van der Waals surface area (Å²) in [5.74, 6) is -0.428. The smallest absolute Gasteiger partial charge is 0.248 e. The van der Waals surface area contributed by atoms with Crippen molar-refractivity contribution in [2.45, 2.75) is 26.3 Å². The standard InChI is InChI=1S/C18H21ClN2O3S/c1-4-17(18(22)20-16-11-6-5-10-15(16)19)21(25(3,23)24)14-9-7-8-13(2)12-14/h5-12,17H,4H2,1-3H3,(H,20,22). The van der Waals surface area contributed by atoms with Gasteiger partial charge in [0.15, 0.2) is 0 Å². The van der Waals surface area contributed by atoms with Crippen LogP contribution < -0.4 is 9.62 Å². The highest BCUT2D eigenvalue weighted by Crippen LogP contribution is 2.26. The summed E-state index contributed by atoms with van der Waals surface area (Å²) in [7, 11) is -3.65. The van der Waals surface area contributed by atoms with Crippen molar-refractivity contribution in [3.63, 3.8) is 0 Å². The molecule has 0 aromatic heterocycles. The lowest BCUT2D eigenvalue weighted by Gasteiger charge is -2.30. The number of amides is 1. The quantitative estimate of drug-likeness (QED) is 0.828. The fraction of sp³-hybridized carbons (Fsp3) is 0.278. The topological polar surface area (TPSA) is 66.5 Å². The number of anilines is 2. The first kappa shape index (κ1) is 19.3. The van der Waals surface area contributed by atoms with Crippen LogP contribution in [0.4, 0.5) is 11.4 Å². The maximum atomic E-state index is 12.8. The van der Waals surface area contributed by atoms with Gasteiger partial charge in [-0.2, -0.15) is 0 Å². The Bertz CT molecular complexity index is 868. The van der Waals surface area contributed by atoms with Crippen LogP contribution in [0.2, 0.25) is 5.02 Å². The SMILES string of the molecule is CCC(C(=O)Nc1ccccc1Cl)N(c1cccc(C)c1)S(C)(=O)=O. The number of nitrogens with one attached hydrogen (secondary N) is 1. The molecule has 0 aliphatic carbocycles. The van der Waals surface area contributed by atoms with E-state index in [-0.39, 0.29) is 0 Å². The van der Waals surface area contributed by atoms with Crippen LogP contribution in [0.3, 0.4) is 0 Å². The Morgan fingerprint density at radius 2 is 1.88 bits per heavy atom. The minimum absolute atomic E-state index is 0.317. The van der Waals surface area contributed by atoms with E-state index >= 15 is 0 Å². The van der Waals surface area contributed by atoms with Gasteiger partial charge in [0.2, 0.25) is 15.9 Å². The molecule has 0 heterocycles. The molecule has 0 saturated carbocycles. The average Bonchev–Trinajstić information content (AvgIpc) is 2.53. The van der Waals surface area contributed by atoms with Crippen LogP contribution >= 0.6 is 11.6 Å². The fourth-order valence-electron chi connectivity index (χ4n) is 2.60. The first-order valence-electron chi connectivity index (χ1n) is 7.85. The second kappa shape index (κ2) is 7.89. The monoisotopic (exact) mass is 380 g/mol. The summed E-state index contributed by atoms with van der Waals surface area (Å²) < 4.78 is 25.9. The van der Waals surface area contributed by atoms with Crippen molar-refractivity contribution in [1.29, 1.82) is 0 Å². The van der Waals surface area contributed by atoms with Gasteiger partial charge in [0, 0.05) is 0 Å². The van der Waals surface area contributed by atoms with Crippen molar-refractivity contribution < 1.29 is 13.2 Å². The molecule has 0 aliphatic heterocycles. The normalized spacial score (nSPS) is 12.5. The summed E-state index contributed by atoms with van der Waals surface area (Å²) in [6, 6.07) is 13.0.